The molecule has 0 bridgehead atoms. The minimum Gasteiger partial charge on any atom is -0.347 e. The standard InChI is InChI=1S/C62H82ClN9O7/c1-12-49(46-25-17-18-26-47(46)63)70(58(77)51-32-42-21-13-14-22-43(42)35-71(51)59(78)52(61(4,5)6)68-54(73)37(2)64-10)34-39-28-30-41(31-29-39)56(75)66-44-33-50(57(76)67-48-27-19-23-40-20-15-16-24-45(40)48)72(36-44)60(79)53(62(7,8)9)69-55(74)38(3)65-11/h13-18,20-22,24-26,28-31,37-38,44,48-53,64-65H,12,19,23,27,32-36H2,1-11H3,(H,66,75)(H,67,76)(H,68,73)(H,69,74). The van der Waals surface area contributed by atoms with Crippen molar-refractivity contribution in [2.75, 3.05) is 20.6 Å². The number of likely N-dealkylation sites (N-methyl/N-ethyl adjacent to an activating group) is 2. The molecule has 3 aliphatic rings. The quantitative estimate of drug-likeness (QED) is 0.0611. The smallest absolute Gasteiger partial charge is 0.251 e. The number of halogens is 1. The first kappa shape index (κ1) is 60.0. The Morgan fingerprint density at radius 3 is 1.82 bits per heavy atom. The summed E-state index contributed by atoms with van der Waals surface area (Å²) in [5.41, 5.74) is 4.44. The van der Waals surface area contributed by atoms with Crippen molar-refractivity contribution in [3.63, 3.8) is 0 Å². The molecule has 2 heterocycles. The van der Waals surface area contributed by atoms with Crippen LogP contribution in [-0.4, -0.2) is 119 Å². The van der Waals surface area contributed by atoms with Gasteiger partial charge in [-0.2, -0.15) is 0 Å². The first-order valence-electron chi connectivity index (χ1n) is 27.9. The maximum absolute atomic E-state index is 15.7. The molecule has 4 aromatic rings. The van der Waals surface area contributed by atoms with E-state index in [1.54, 1.807) is 68.1 Å². The summed E-state index contributed by atoms with van der Waals surface area (Å²) in [6, 6.07) is 23.9. The lowest BCUT2D eigenvalue weighted by Gasteiger charge is -2.44. The summed E-state index contributed by atoms with van der Waals surface area (Å²) in [4.78, 5) is 106. The average Bonchev–Trinajstić information content (AvgIpc) is 3.89. The molecule has 9 unspecified atom stereocenters. The molecular formula is C62H82ClN9O7. The number of rotatable bonds is 18. The van der Waals surface area contributed by atoms with E-state index in [-0.39, 0.29) is 68.1 Å². The first-order valence-corrected chi connectivity index (χ1v) is 28.3. The second kappa shape index (κ2) is 25.7. The minimum atomic E-state index is -0.974. The van der Waals surface area contributed by atoms with Crippen molar-refractivity contribution in [1.82, 2.24) is 46.6 Å². The molecule has 0 aromatic heterocycles. The zero-order chi connectivity index (χ0) is 57.5. The molecule has 1 saturated heterocycles. The number of likely N-dealkylation sites (tertiary alicyclic amines) is 1. The highest BCUT2D eigenvalue weighted by atomic mass is 35.5. The molecule has 7 rings (SSSR count). The van der Waals surface area contributed by atoms with Crippen molar-refractivity contribution in [2.45, 2.75) is 168 Å². The van der Waals surface area contributed by atoms with Gasteiger partial charge in [-0.15, -0.1) is 0 Å². The van der Waals surface area contributed by atoms with Crippen LogP contribution in [0.5, 0.6) is 0 Å². The van der Waals surface area contributed by atoms with Gasteiger partial charge in [0.15, 0.2) is 0 Å². The fourth-order valence-corrected chi connectivity index (χ4v) is 11.4. The first-order chi connectivity index (χ1) is 37.4. The predicted molar refractivity (Wildman–Crippen MR) is 307 cm³/mol. The number of hydrogen-bond donors (Lipinski definition) is 6. The Kier molecular flexibility index (Phi) is 19.5. The molecular weight excluding hydrogens is 1020 g/mol. The molecule has 0 spiro atoms. The third-order valence-corrected chi connectivity index (χ3v) is 16.4. The van der Waals surface area contributed by atoms with E-state index in [1.165, 1.54) is 10.5 Å². The predicted octanol–water partition coefficient (Wildman–Crippen LogP) is 6.94. The summed E-state index contributed by atoms with van der Waals surface area (Å²) < 4.78 is 0. The van der Waals surface area contributed by atoms with E-state index in [0.29, 0.717) is 22.6 Å². The lowest BCUT2D eigenvalue weighted by atomic mass is 9.84. The Balaban J connectivity index is 1.16. The molecule has 0 saturated carbocycles. The Morgan fingerprint density at radius 1 is 0.684 bits per heavy atom. The fraction of sp³-hybridized carbons (Fsp3) is 0.500. The SMILES string of the molecule is CCC(c1ccccc1Cl)N(Cc1ccc(C(=O)NC2CC(C(=O)NC3CCCc4ccccc43)N(C(=O)C(NC(=O)C(C)NC)C(C)(C)C)C2)cc1)C(=O)C1Cc2ccccc2CN1C(=O)C(NC(=O)C(C)NC)C(C)(C)C. The molecule has 17 heteroatoms. The van der Waals surface area contributed by atoms with Crippen LogP contribution < -0.4 is 31.9 Å². The zero-order valence-corrected chi connectivity index (χ0v) is 48.6. The highest BCUT2D eigenvalue weighted by Gasteiger charge is 2.47. The van der Waals surface area contributed by atoms with E-state index >= 15 is 9.59 Å². The summed E-state index contributed by atoms with van der Waals surface area (Å²) in [6.45, 7) is 17.0. The Labute approximate surface area is 471 Å². The number of amides is 7. The van der Waals surface area contributed by atoms with Crippen LogP contribution in [0, 0.1) is 10.8 Å². The number of aryl methyl sites for hydroxylation is 1. The summed E-state index contributed by atoms with van der Waals surface area (Å²) in [6.07, 6.45) is 3.44. The maximum atomic E-state index is 15.7. The Morgan fingerprint density at radius 2 is 1.24 bits per heavy atom. The number of carbonyl (C=O) groups excluding carboxylic acids is 7. The van der Waals surface area contributed by atoms with Gasteiger partial charge in [-0.1, -0.05) is 139 Å². The Hall–Kier alpha value is -6.62. The van der Waals surface area contributed by atoms with E-state index in [1.807, 2.05) is 109 Å². The molecule has 424 valence electrons. The van der Waals surface area contributed by atoms with Crippen LogP contribution in [0.2, 0.25) is 5.02 Å². The fourth-order valence-electron chi connectivity index (χ4n) is 11.1. The lowest BCUT2D eigenvalue weighted by molar-refractivity contribution is -0.152. The number of carbonyl (C=O) groups is 7. The molecule has 4 aromatic carbocycles. The third kappa shape index (κ3) is 14.1. The van der Waals surface area contributed by atoms with Gasteiger partial charge in [0.1, 0.15) is 24.2 Å². The van der Waals surface area contributed by atoms with Gasteiger partial charge < -0.3 is 46.6 Å². The molecule has 1 fully saturated rings. The molecule has 9 atom stereocenters. The number of fused-ring (bicyclic) bond motifs is 2. The van der Waals surface area contributed by atoms with Crippen LogP contribution in [0.3, 0.4) is 0 Å². The van der Waals surface area contributed by atoms with Gasteiger partial charge in [0, 0.05) is 42.7 Å². The van der Waals surface area contributed by atoms with Gasteiger partial charge in [0.25, 0.3) is 5.91 Å². The monoisotopic (exact) mass is 1100 g/mol. The molecule has 6 N–H and O–H groups in total. The van der Waals surface area contributed by atoms with Crippen molar-refractivity contribution in [1.29, 1.82) is 0 Å². The van der Waals surface area contributed by atoms with Gasteiger partial charge in [-0.3, -0.25) is 33.6 Å². The van der Waals surface area contributed by atoms with Crippen molar-refractivity contribution < 1.29 is 33.6 Å². The highest BCUT2D eigenvalue weighted by Crippen LogP contribution is 2.36. The number of benzene rings is 4. The van der Waals surface area contributed by atoms with Crippen LogP contribution in [0.4, 0.5) is 0 Å². The van der Waals surface area contributed by atoms with E-state index < -0.39 is 71.0 Å². The second-order valence-electron chi connectivity index (χ2n) is 23.8. The van der Waals surface area contributed by atoms with Crippen LogP contribution in [0.25, 0.3) is 0 Å². The minimum absolute atomic E-state index is 0.0344. The summed E-state index contributed by atoms with van der Waals surface area (Å²) in [5, 5.41) is 18.7. The third-order valence-electron chi connectivity index (χ3n) is 16.1. The molecule has 1 aliphatic carbocycles. The molecule has 2 aliphatic heterocycles. The topological polar surface area (TPSA) is 201 Å². The lowest BCUT2D eigenvalue weighted by Crippen LogP contribution is -2.62. The van der Waals surface area contributed by atoms with E-state index in [0.717, 1.165) is 41.5 Å². The van der Waals surface area contributed by atoms with Gasteiger partial charge >= 0.3 is 0 Å². The van der Waals surface area contributed by atoms with Crippen LogP contribution in [0.15, 0.2) is 97.1 Å². The second-order valence-corrected chi connectivity index (χ2v) is 24.2. The zero-order valence-electron chi connectivity index (χ0n) is 47.9. The van der Waals surface area contributed by atoms with Crippen molar-refractivity contribution in [2.24, 2.45) is 10.8 Å². The number of nitrogens with one attached hydrogen (secondary N) is 6. The van der Waals surface area contributed by atoms with E-state index in [9.17, 15) is 24.0 Å². The Bertz CT molecular complexity index is 2860. The molecule has 16 nitrogen and oxygen atoms in total. The normalized spacial score (nSPS) is 20.1. The van der Waals surface area contributed by atoms with Crippen LogP contribution in [-0.2, 0) is 54.7 Å². The van der Waals surface area contributed by atoms with Gasteiger partial charge in [-0.05, 0) is 122 Å². The summed E-state index contributed by atoms with van der Waals surface area (Å²) >= 11 is 6.92. The largest absolute Gasteiger partial charge is 0.347 e. The van der Waals surface area contributed by atoms with Crippen LogP contribution in [0.1, 0.15) is 144 Å². The van der Waals surface area contributed by atoms with E-state index in [4.69, 9.17) is 11.6 Å². The average molecular weight is 1100 g/mol. The van der Waals surface area contributed by atoms with Crippen molar-refractivity contribution >= 4 is 53.0 Å². The van der Waals surface area contributed by atoms with E-state index in [2.05, 4.69) is 38.0 Å². The molecule has 7 amide bonds. The maximum Gasteiger partial charge on any atom is 0.251 e. The van der Waals surface area contributed by atoms with Gasteiger partial charge in [0.2, 0.25) is 35.4 Å². The molecule has 0 radical (unpaired) electrons. The summed E-state index contributed by atoms with van der Waals surface area (Å²) in [5.74, 6) is -2.51. The summed E-state index contributed by atoms with van der Waals surface area (Å²) in [7, 11) is 3.35. The number of hydrogen-bond acceptors (Lipinski definition) is 9. The van der Waals surface area contributed by atoms with Gasteiger partial charge in [0.05, 0.1) is 24.2 Å². The highest BCUT2D eigenvalue weighted by molar-refractivity contribution is 6.31. The van der Waals surface area contributed by atoms with Gasteiger partial charge in [-0.25, -0.2) is 0 Å². The van der Waals surface area contributed by atoms with Crippen molar-refractivity contribution in [3.8, 4) is 0 Å². The van der Waals surface area contributed by atoms with Crippen LogP contribution >= 0.6 is 11.6 Å². The number of nitrogens with zero attached hydrogens (tertiary/aromatic N) is 3. The molecule has 79 heavy (non-hydrogen) atoms. The van der Waals surface area contributed by atoms with Crippen molar-refractivity contribution in [3.05, 3.63) is 141 Å².